The Labute approximate surface area is 106 Å². The van der Waals surface area contributed by atoms with Crippen LogP contribution >= 0.6 is 0 Å². The molecule has 0 bridgehead atoms. The van der Waals surface area contributed by atoms with Crippen LogP contribution in [0.4, 0.5) is 0 Å². The van der Waals surface area contributed by atoms with Crippen molar-refractivity contribution in [2.45, 2.75) is 32.7 Å². The molecule has 0 aromatic heterocycles. The van der Waals surface area contributed by atoms with Gasteiger partial charge in [-0.3, -0.25) is 9.35 Å². The molecule has 0 amide bonds. The molecule has 106 valence electrons. The van der Waals surface area contributed by atoms with Crippen LogP contribution in [0, 0.1) is 5.92 Å². The molecule has 2 unspecified atom stereocenters. The number of hydrogen-bond acceptors (Lipinski definition) is 6. The predicted octanol–water partition coefficient (Wildman–Crippen LogP) is 0.205. The molecule has 0 aromatic rings. The van der Waals surface area contributed by atoms with E-state index in [0.29, 0.717) is 6.61 Å². The summed E-state index contributed by atoms with van der Waals surface area (Å²) in [7, 11) is -4.18. The van der Waals surface area contributed by atoms with Crippen LogP contribution in [0.5, 0.6) is 0 Å². The highest BCUT2D eigenvalue weighted by Crippen LogP contribution is 2.22. The van der Waals surface area contributed by atoms with Crippen LogP contribution in [0.15, 0.2) is 0 Å². The van der Waals surface area contributed by atoms with Gasteiger partial charge in [0.25, 0.3) is 10.1 Å². The molecule has 0 radical (unpaired) electrons. The monoisotopic (exact) mass is 282 g/mol. The number of carbonyl (C=O) groups is 1. The van der Waals surface area contributed by atoms with E-state index in [1.54, 1.807) is 13.8 Å². The highest BCUT2D eigenvalue weighted by Gasteiger charge is 2.33. The Morgan fingerprint density at radius 1 is 1.56 bits per heavy atom. The van der Waals surface area contributed by atoms with E-state index in [2.05, 4.69) is 0 Å². The van der Waals surface area contributed by atoms with Crippen molar-refractivity contribution >= 4 is 16.1 Å². The first-order valence-electron chi connectivity index (χ1n) is 5.52. The van der Waals surface area contributed by atoms with E-state index >= 15 is 0 Å². The number of ether oxygens (including phenoxy) is 3. The maximum absolute atomic E-state index is 11.4. The number of hydrogen-bond donors (Lipinski definition) is 1. The summed E-state index contributed by atoms with van der Waals surface area (Å²) in [6.07, 6.45) is -0.359. The van der Waals surface area contributed by atoms with Gasteiger partial charge in [0, 0.05) is 0 Å². The number of esters is 1. The highest BCUT2D eigenvalue weighted by atomic mass is 32.2. The average molecular weight is 282 g/mol. The van der Waals surface area contributed by atoms with Gasteiger partial charge in [-0.05, 0) is 13.8 Å². The molecule has 1 aliphatic rings. The van der Waals surface area contributed by atoms with E-state index in [1.807, 2.05) is 0 Å². The van der Waals surface area contributed by atoms with Gasteiger partial charge in [0.15, 0.2) is 5.79 Å². The Bertz CT molecular complexity index is 400. The molecule has 0 aromatic carbocycles. The second-order valence-electron chi connectivity index (χ2n) is 4.73. The molecule has 2 atom stereocenters. The van der Waals surface area contributed by atoms with Crippen molar-refractivity contribution in [2.75, 3.05) is 19.0 Å². The Morgan fingerprint density at radius 3 is 2.61 bits per heavy atom. The number of rotatable bonds is 5. The first kappa shape index (κ1) is 15.4. The fourth-order valence-corrected chi connectivity index (χ4v) is 2.31. The normalized spacial score (nSPS) is 24.8. The molecule has 1 saturated heterocycles. The zero-order valence-corrected chi connectivity index (χ0v) is 11.4. The van der Waals surface area contributed by atoms with E-state index in [0.717, 1.165) is 0 Å². The highest BCUT2D eigenvalue weighted by molar-refractivity contribution is 7.85. The minimum atomic E-state index is -4.18. The summed E-state index contributed by atoms with van der Waals surface area (Å²) < 4.78 is 45.4. The van der Waals surface area contributed by atoms with Crippen LogP contribution in [0.1, 0.15) is 20.8 Å². The lowest BCUT2D eigenvalue weighted by Gasteiger charge is -2.17. The maximum Gasteiger partial charge on any atom is 0.309 e. The summed E-state index contributed by atoms with van der Waals surface area (Å²) in [6, 6.07) is 0. The lowest BCUT2D eigenvalue weighted by atomic mass is 10.2. The van der Waals surface area contributed by atoms with E-state index in [9.17, 15) is 13.2 Å². The van der Waals surface area contributed by atoms with E-state index in [4.69, 9.17) is 18.8 Å². The maximum atomic E-state index is 11.4. The second-order valence-corrected chi connectivity index (χ2v) is 6.23. The second kappa shape index (κ2) is 5.52. The van der Waals surface area contributed by atoms with Crippen LogP contribution in [0.2, 0.25) is 0 Å². The van der Waals surface area contributed by atoms with Gasteiger partial charge >= 0.3 is 5.97 Å². The van der Waals surface area contributed by atoms with E-state index in [-0.39, 0.29) is 12.7 Å². The van der Waals surface area contributed by atoms with Crippen LogP contribution in [-0.2, 0) is 29.1 Å². The van der Waals surface area contributed by atoms with Gasteiger partial charge in [0.05, 0.1) is 18.3 Å². The van der Waals surface area contributed by atoms with Crippen molar-refractivity contribution in [3.8, 4) is 0 Å². The summed E-state index contributed by atoms with van der Waals surface area (Å²) in [5.74, 6) is -2.97. The first-order valence-corrected chi connectivity index (χ1v) is 7.13. The molecule has 0 spiro atoms. The van der Waals surface area contributed by atoms with Gasteiger partial charge < -0.3 is 14.2 Å². The summed E-state index contributed by atoms with van der Waals surface area (Å²) in [5, 5.41) is 0. The van der Waals surface area contributed by atoms with E-state index < -0.39 is 33.5 Å². The molecular weight excluding hydrogens is 264 g/mol. The SMILES string of the molecule is CC(CS(=O)(=O)O)C(=O)OCC1COC(C)(C)O1. The van der Waals surface area contributed by atoms with Crippen LogP contribution in [-0.4, -0.2) is 49.8 Å². The van der Waals surface area contributed by atoms with Gasteiger partial charge in [-0.25, -0.2) is 0 Å². The van der Waals surface area contributed by atoms with Crippen molar-refractivity contribution < 1.29 is 32.0 Å². The van der Waals surface area contributed by atoms with Gasteiger partial charge in [0.1, 0.15) is 12.7 Å². The predicted molar refractivity (Wildman–Crippen MR) is 61.4 cm³/mol. The summed E-state index contributed by atoms with van der Waals surface area (Å²) in [5.41, 5.74) is 0. The smallest absolute Gasteiger partial charge is 0.309 e. The van der Waals surface area contributed by atoms with Crippen molar-refractivity contribution in [1.82, 2.24) is 0 Å². The van der Waals surface area contributed by atoms with Crippen LogP contribution in [0.3, 0.4) is 0 Å². The molecular formula is C10H18O7S. The van der Waals surface area contributed by atoms with Gasteiger partial charge in [-0.1, -0.05) is 6.92 Å². The fraction of sp³-hybridized carbons (Fsp3) is 0.900. The van der Waals surface area contributed by atoms with Crippen molar-refractivity contribution in [3.63, 3.8) is 0 Å². The molecule has 1 N–H and O–H groups in total. The van der Waals surface area contributed by atoms with Gasteiger partial charge in [-0.15, -0.1) is 0 Å². The zero-order chi connectivity index (χ0) is 14.0. The van der Waals surface area contributed by atoms with Gasteiger partial charge in [0.2, 0.25) is 0 Å². The Hall–Kier alpha value is -0.700. The molecule has 1 rings (SSSR count). The Kier molecular flexibility index (Phi) is 4.71. The van der Waals surface area contributed by atoms with Crippen LogP contribution in [0.25, 0.3) is 0 Å². The standard InChI is InChI=1S/C10H18O7S/c1-7(6-18(12,13)14)9(11)15-4-8-5-16-10(2,3)17-8/h7-8H,4-6H2,1-3H3,(H,12,13,14). The van der Waals surface area contributed by atoms with E-state index in [1.165, 1.54) is 6.92 Å². The largest absolute Gasteiger partial charge is 0.463 e. The third-order valence-electron chi connectivity index (χ3n) is 2.34. The molecule has 0 aliphatic carbocycles. The van der Waals surface area contributed by atoms with Crippen molar-refractivity contribution in [1.29, 1.82) is 0 Å². The summed E-state index contributed by atoms with van der Waals surface area (Å²) in [6.45, 7) is 5.17. The molecule has 1 fully saturated rings. The Balaban J connectivity index is 2.34. The molecule has 18 heavy (non-hydrogen) atoms. The third kappa shape index (κ3) is 5.30. The minimum Gasteiger partial charge on any atom is -0.463 e. The molecule has 0 saturated carbocycles. The topological polar surface area (TPSA) is 99.1 Å². The third-order valence-corrected chi connectivity index (χ3v) is 3.26. The molecule has 7 nitrogen and oxygen atoms in total. The lowest BCUT2D eigenvalue weighted by Crippen LogP contribution is -2.28. The molecule has 1 heterocycles. The lowest BCUT2D eigenvalue weighted by molar-refractivity contribution is -0.160. The van der Waals surface area contributed by atoms with Crippen LogP contribution < -0.4 is 0 Å². The summed E-state index contributed by atoms with van der Waals surface area (Å²) in [4.78, 5) is 11.4. The zero-order valence-electron chi connectivity index (χ0n) is 10.6. The molecule has 8 heteroatoms. The number of carbonyl (C=O) groups excluding carboxylic acids is 1. The summed E-state index contributed by atoms with van der Waals surface area (Å²) >= 11 is 0. The molecule has 1 aliphatic heterocycles. The average Bonchev–Trinajstić information content (AvgIpc) is 2.52. The van der Waals surface area contributed by atoms with Crippen molar-refractivity contribution in [3.05, 3.63) is 0 Å². The minimum absolute atomic E-state index is 0.00191. The Morgan fingerprint density at radius 2 is 2.17 bits per heavy atom. The quantitative estimate of drug-likeness (QED) is 0.568. The van der Waals surface area contributed by atoms with Crippen molar-refractivity contribution in [2.24, 2.45) is 5.92 Å². The first-order chi connectivity index (χ1) is 8.09. The van der Waals surface area contributed by atoms with Gasteiger partial charge in [-0.2, -0.15) is 8.42 Å². The fourth-order valence-electron chi connectivity index (χ4n) is 1.55.